The van der Waals surface area contributed by atoms with Gasteiger partial charge in [0.25, 0.3) is 0 Å². The molecule has 0 bridgehead atoms. The monoisotopic (exact) mass is 305 g/mol. The summed E-state index contributed by atoms with van der Waals surface area (Å²) in [6, 6.07) is 13.8. The van der Waals surface area contributed by atoms with Gasteiger partial charge in [-0.3, -0.25) is 0 Å². The fourth-order valence-corrected chi connectivity index (χ4v) is 2.24. The Morgan fingerprint density at radius 1 is 1.05 bits per heavy atom. The standard InChI is InChI=1S/C17H20ClNO2/c1-19-12-14-5-8-16(11-17(14)18)21-15-6-3-13(4-7-15)9-10-20-2/h3-8,11,19H,9-10,12H2,1-2H3. The molecule has 0 amide bonds. The van der Waals surface area contributed by atoms with Crippen molar-refractivity contribution < 1.29 is 9.47 Å². The lowest BCUT2D eigenvalue weighted by Crippen LogP contribution is -2.05. The largest absolute Gasteiger partial charge is 0.457 e. The highest BCUT2D eigenvalue weighted by molar-refractivity contribution is 6.31. The number of ether oxygens (including phenoxy) is 2. The Labute approximate surface area is 130 Å². The molecule has 0 spiro atoms. The second kappa shape index (κ2) is 8.03. The third-order valence-electron chi connectivity index (χ3n) is 3.15. The van der Waals surface area contributed by atoms with E-state index in [0.717, 1.165) is 36.6 Å². The van der Waals surface area contributed by atoms with Crippen LogP contribution in [0, 0.1) is 0 Å². The molecule has 112 valence electrons. The zero-order chi connectivity index (χ0) is 15.1. The number of nitrogens with one attached hydrogen (secondary N) is 1. The summed E-state index contributed by atoms with van der Waals surface area (Å²) in [5.41, 5.74) is 2.29. The lowest BCUT2D eigenvalue weighted by molar-refractivity contribution is 0.202. The summed E-state index contributed by atoms with van der Waals surface area (Å²) in [5, 5.41) is 3.79. The van der Waals surface area contributed by atoms with Crippen LogP contribution in [0.25, 0.3) is 0 Å². The Morgan fingerprint density at radius 3 is 2.38 bits per heavy atom. The van der Waals surface area contributed by atoms with E-state index in [1.165, 1.54) is 5.56 Å². The first-order valence-electron chi connectivity index (χ1n) is 6.91. The third kappa shape index (κ3) is 4.74. The maximum Gasteiger partial charge on any atom is 0.128 e. The van der Waals surface area contributed by atoms with Crippen LogP contribution in [0.2, 0.25) is 5.02 Å². The van der Waals surface area contributed by atoms with Crippen molar-refractivity contribution in [3.8, 4) is 11.5 Å². The van der Waals surface area contributed by atoms with Crippen LogP contribution in [0.4, 0.5) is 0 Å². The molecule has 0 saturated heterocycles. The molecule has 0 aromatic heterocycles. The summed E-state index contributed by atoms with van der Waals surface area (Å²) < 4.78 is 10.9. The average molecular weight is 306 g/mol. The van der Waals surface area contributed by atoms with E-state index >= 15 is 0 Å². The predicted octanol–water partition coefficient (Wildman–Crippen LogP) is 4.04. The summed E-state index contributed by atoms with van der Waals surface area (Å²) >= 11 is 6.22. The smallest absolute Gasteiger partial charge is 0.128 e. The minimum absolute atomic E-state index is 0.707. The normalized spacial score (nSPS) is 10.6. The topological polar surface area (TPSA) is 30.5 Å². The minimum Gasteiger partial charge on any atom is -0.457 e. The molecule has 0 radical (unpaired) electrons. The van der Waals surface area contributed by atoms with Crippen molar-refractivity contribution in [2.75, 3.05) is 20.8 Å². The van der Waals surface area contributed by atoms with Crippen LogP contribution in [0.15, 0.2) is 42.5 Å². The van der Waals surface area contributed by atoms with Gasteiger partial charge in [-0.25, -0.2) is 0 Å². The van der Waals surface area contributed by atoms with Gasteiger partial charge in [0.15, 0.2) is 0 Å². The molecular weight excluding hydrogens is 286 g/mol. The fraction of sp³-hybridized carbons (Fsp3) is 0.294. The van der Waals surface area contributed by atoms with Gasteiger partial charge < -0.3 is 14.8 Å². The fourth-order valence-electron chi connectivity index (χ4n) is 2.01. The van der Waals surface area contributed by atoms with E-state index in [-0.39, 0.29) is 0 Å². The molecule has 0 fully saturated rings. The van der Waals surface area contributed by atoms with Crippen LogP contribution in [0.3, 0.4) is 0 Å². The van der Waals surface area contributed by atoms with Crippen LogP contribution in [-0.2, 0) is 17.7 Å². The summed E-state index contributed by atoms with van der Waals surface area (Å²) in [4.78, 5) is 0. The van der Waals surface area contributed by atoms with Crippen LogP contribution in [0.1, 0.15) is 11.1 Å². The van der Waals surface area contributed by atoms with Crippen LogP contribution in [-0.4, -0.2) is 20.8 Å². The van der Waals surface area contributed by atoms with Crippen molar-refractivity contribution in [3.05, 3.63) is 58.6 Å². The summed E-state index contributed by atoms with van der Waals surface area (Å²) in [7, 11) is 3.60. The molecule has 2 aromatic rings. The van der Waals surface area contributed by atoms with Gasteiger partial charge in [0.2, 0.25) is 0 Å². The third-order valence-corrected chi connectivity index (χ3v) is 3.50. The van der Waals surface area contributed by atoms with Gasteiger partial charge in [0, 0.05) is 18.7 Å². The molecule has 0 heterocycles. The molecule has 21 heavy (non-hydrogen) atoms. The molecule has 0 aliphatic heterocycles. The zero-order valence-electron chi connectivity index (χ0n) is 12.4. The van der Waals surface area contributed by atoms with Gasteiger partial charge in [-0.1, -0.05) is 29.8 Å². The molecular formula is C17H20ClNO2. The Kier molecular flexibility index (Phi) is 6.05. The van der Waals surface area contributed by atoms with E-state index in [1.54, 1.807) is 7.11 Å². The Balaban J connectivity index is 2.02. The maximum atomic E-state index is 6.22. The Morgan fingerprint density at radius 2 is 1.76 bits per heavy atom. The van der Waals surface area contributed by atoms with Crippen molar-refractivity contribution in [3.63, 3.8) is 0 Å². The van der Waals surface area contributed by atoms with E-state index < -0.39 is 0 Å². The van der Waals surface area contributed by atoms with Crippen molar-refractivity contribution in [2.24, 2.45) is 0 Å². The van der Waals surface area contributed by atoms with Crippen molar-refractivity contribution >= 4 is 11.6 Å². The van der Waals surface area contributed by atoms with Crippen molar-refractivity contribution in [1.29, 1.82) is 0 Å². The van der Waals surface area contributed by atoms with Gasteiger partial charge in [0.1, 0.15) is 11.5 Å². The number of halogens is 1. The summed E-state index contributed by atoms with van der Waals surface area (Å²) in [5.74, 6) is 1.54. The lowest BCUT2D eigenvalue weighted by Gasteiger charge is -2.09. The molecule has 0 saturated carbocycles. The molecule has 3 nitrogen and oxygen atoms in total. The van der Waals surface area contributed by atoms with Crippen LogP contribution >= 0.6 is 11.6 Å². The number of hydrogen-bond acceptors (Lipinski definition) is 3. The van der Waals surface area contributed by atoms with E-state index in [1.807, 2.05) is 49.5 Å². The SMILES string of the molecule is CNCc1ccc(Oc2ccc(CCOC)cc2)cc1Cl. The number of rotatable bonds is 7. The highest BCUT2D eigenvalue weighted by Gasteiger charge is 2.03. The molecule has 1 N–H and O–H groups in total. The molecule has 2 rings (SSSR count). The molecule has 0 aliphatic carbocycles. The van der Waals surface area contributed by atoms with Gasteiger partial charge in [-0.05, 0) is 48.9 Å². The second-order valence-electron chi connectivity index (χ2n) is 4.77. The van der Waals surface area contributed by atoms with E-state index in [9.17, 15) is 0 Å². The number of methoxy groups -OCH3 is 1. The molecule has 4 heteroatoms. The quantitative estimate of drug-likeness (QED) is 0.837. The average Bonchev–Trinajstić information content (AvgIpc) is 2.49. The van der Waals surface area contributed by atoms with Crippen molar-refractivity contribution in [2.45, 2.75) is 13.0 Å². The first-order chi connectivity index (χ1) is 10.2. The lowest BCUT2D eigenvalue weighted by atomic mass is 10.1. The van der Waals surface area contributed by atoms with Crippen LogP contribution in [0.5, 0.6) is 11.5 Å². The Hall–Kier alpha value is -1.55. The van der Waals surface area contributed by atoms with E-state index in [0.29, 0.717) is 5.02 Å². The molecule has 2 aromatic carbocycles. The highest BCUT2D eigenvalue weighted by atomic mass is 35.5. The first kappa shape index (κ1) is 15.8. The van der Waals surface area contributed by atoms with Gasteiger partial charge in [0.05, 0.1) is 6.61 Å². The maximum absolute atomic E-state index is 6.22. The number of benzene rings is 2. The predicted molar refractivity (Wildman–Crippen MR) is 86.3 cm³/mol. The Bertz CT molecular complexity index is 570. The molecule has 0 unspecified atom stereocenters. The second-order valence-corrected chi connectivity index (χ2v) is 5.18. The van der Waals surface area contributed by atoms with Gasteiger partial charge >= 0.3 is 0 Å². The van der Waals surface area contributed by atoms with E-state index in [4.69, 9.17) is 21.1 Å². The first-order valence-corrected chi connectivity index (χ1v) is 7.29. The van der Waals surface area contributed by atoms with E-state index in [2.05, 4.69) is 5.32 Å². The summed E-state index contributed by atoms with van der Waals surface area (Å²) in [6.07, 6.45) is 0.904. The molecule has 0 aliphatic rings. The minimum atomic E-state index is 0.707. The zero-order valence-corrected chi connectivity index (χ0v) is 13.1. The number of hydrogen-bond donors (Lipinski definition) is 1. The summed E-state index contributed by atoms with van der Waals surface area (Å²) in [6.45, 7) is 1.47. The van der Waals surface area contributed by atoms with Crippen molar-refractivity contribution in [1.82, 2.24) is 5.32 Å². The highest BCUT2D eigenvalue weighted by Crippen LogP contribution is 2.27. The van der Waals surface area contributed by atoms with Gasteiger partial charge in [-0.2, -0.15) is 0 Å². The molecule has 0 atom stereocenters. The van der Waals surface area contributed by atoms with Crippen LogP contribution < -0.4 is 10.1 Å². The van der Waals surface area contributed by atoms with Gasteiger partial charge in [-0.15, -0.1) is 0 Å².